The Kier molecular flexibility index (Phi) is 8.52. The van der Waals surface area contributed by atoms with Crippen LogP contribution in [0.15, 0.2) is 18.2 Å². The molecule has 0 saturated heterocycles. The molecule has 0 atom stereocenters. The van der Waals surface area contributed by atoms with Gasteiger partial charge in [0.15, 0.2) is 11.5 Å². The molecule has 0 aliphatic carbocycles. The van der Waals surface area contributed by atoms with Gasteiger partial charge in [0, 0.05) is 6.54 Å². The normalized spacial score (nSPS) is 10.0. The fourth-order valence-electron chi connectivity index (χ4n) is 1.91. The zero-order valence-corrected chi connectivity index (χ0v) is 13.7. The second-order valence-corrected chi connectivity index (χ2v) is 4.73. The van der Waals surface area contributed by atoms with Crippen molar-refractivity contribution in [1.29, 1.82) is 0 Å². The molecule has 1 aromatic carbocycles. The molecule has 0 aliphatic heterocycles. The lowest BCUT2D eigenvalue weighted by Gasteiger charge is -2.12. The van der Waals surface area contributed by atoms with Crippen molar-refractivity contribution in [2.45, 2.75) is 20.3 Å². The van der Waals surface area contributed by atoms with Crippen LogP contribution < -0.4 is 25.8 Å². The Balaban J connectivity index is 2.46. The summed E-state index contributed by atoms with van der Waals surface area (Å²) in [6.45, 7) is 5.24. The fourth-order valence-corrected chi connectivity index (χ4v) is 1.91. The summed E-state index contributed by atoms with van der Waals surface area (Å²) in [5, 5.41) is 5.15. The lowest BCUT2D eigenvalue weighted by molar-refractivity contribution is -0.125. The molecule has 0 bridgehead atoms. The van der Waals surface area contributed by atoms with Crippen LogP contribution in [0, 0.1) is 0 Å². The largest absolute Gasteiger partial charge is 0.490 e. The van der Waals surface area contributed by atoms with Crippen LogP contribution in [0.5, 0.6) is 11.5 Å². The Morgan fingerprint density at radius 2 is 1.74 bits per heavy atom. The summed E-state index contributed by atoms with van der Waals surface area (Å²) in [5.41, 5.74) is 6.17. The standard InChI is InChI=1S/C16H25N3O4/c1-3-22-13-6-5-12(9-14(13)23-4-2)7-8-18-16(21)11-19-15(20)10-17/h5-6,9H,3-4,7-8,10-11,17H2,1-2H3,(H,18,21)(H,19,20). The van der Waals surface area contributed by atoms with Gasteiger partial charge in [0.2, 0.25) is 11.8 Å². The van der Waals surface area contributed by atoms with Gasteiger partial charge in [-0.1, -0.05) is 6.07 Å². The van der Waals surface area contributed by atoms with E-state index < -0.39 is 0 Å². The summed E-state index contributed by atoms with van der Waals surface area (Å²) >= 11 is 0. The molecule has 7 heteroatoms. The van der Waals surface area contributed by atoms with Gasteiger partial charge in [0.25, 0.3) is 0 Å². The van der Waals surface area contributed by atoms with Crippen LogP contribution in [0.4, 0.5) is 0 Å². The Hall–Kier alpha value is -2.28. The molecule has 1 aromatic rings. The van der Waals surface area contributed by atoms with Gasteiger partial charge in [0.05, 0.1) is 26.3 Å². The lowest BCUT2D eigenvalue weighted by Crippen LogP contribution is -2.40. The van der Waals surface area contributed by atoms with Crippen LogP contribution >= 0.6 is 0 Å². The van der Waals surface area contributed by atoms with Crippen LogP contribution in [0.1, 0.15) is 19.4 Å². The number of hydrogen-bond donors (Lipinski definition) is 3. The number of nitrogens with one attached hydrogen (secondary N) is 2. The molecule has 1 rings (SSSR count). The first-order valence-corrected chi connectivity index (χ1v) is 7.72. The molecule has 0 saturated carbocycles. The summed E-state index contributed by atoms with van der Waals surface area (Å²) in [6.07, 6.45) is 0.656. The third kappa shape index (κ3) is 7.01. The highest BCUT2D eigenvalue weighted by Gasteiger charge is 2.07. The van der Waals surface area contributed by atoms with Crippen molar-refractivity contribution in [1.82, 2.24) is 10.6 Å². The highest BCUT2D eigenvalue weighted by Crippen LogP contribution is 2.28. The fraction of sp³-hybridized carbons (Fsp3) is 0.500. The van der Waals surface area contributed by atoms with Crippen LogP contribution in [-0.2, 0) is 16.0 Å². The molecular weight excluding hydrogens is 298 g/mol. The van der Waals surface area contributed by atoms with Crippen molar-refractivity contribution >= 4 is 11.8 Å². The predicted molar refractivity (Wildman–Crippen MR) is 87.6 cm³/mol. The summed E-state index contributed by atoms with van der Waals surface area (Å²) < 4.78 is 11.1. The predicted octanol–water partition coefficient (Wildman–Crippen LogP) is 0.218. The van der Waals surface area contributed by atoms with E-state index in [4.69, 9.17) is 15.2 Å². The van der Waals surface area contributed by atoms with Crippen molar-refractivity contribution < 1.29 is 19.1 Å². The van der Waals surface area contributed by atoms with Gasteiger partial charge < -0.3 is 25.8 Å². The maximum Gasteiger partial charge on any atom is 0.239 e. The zero-order valence-electron chi connectivity index (χ0n) is 13.7. The number of amides is 2. The maximum atomic E-state index is 11.6. The van der Waals surface area contributed by atoms with Gasteiger partial charge in [-0.25, -0.2) is 0 Å². The van der Waals surface area contributed by atoms with Crippen molar-refractivity contribution in [3.05, 3.63) is 23.8 Å². The topological polar surface area (TPSA) is 103 Å². The molecular formula is C16H25N3O4. The van der Waals surface area contributed by atoms with E-state index >= 15 is 0 Å². The molecule has 2 amide bonds. The summed E-state index contributed by atoms with van der Waals surface area (Å²) in [4.78, 5) is 22.5. The van der Waals surface area contributed by atoms with Gasteiger partial charge in [-0.2, -0.15) is 0 Å². The average molecular weight is 323 g/mol. The maximum absolute atomic E-state index is 11.6. The number of carbonyl (C=O) groups excluding carboxylic acids is 2. The molecule has 0 unspecified atom stereocenters. The average Bonchev–Trinajstić information content (AvgIpc) is 2.55. The molecule has 4 N–H and O–H groups in total. The van der Waals surface area contributed by atoms with Crippen LogP contribution in [0.3, 0.4) is 0 Å². The number of ether oxygens (including phenoxy) is 2. The molecule has 0 fully saturated rings. The van der Waals surface area contributed by atoms with Gasteiger partial charge in [-0.05, 0) is 38.0 Å². The molecule has 0 heterocycles. The highest BCUT2D eigenvalue weighted by atomic mass is 16.5. The molecule has 0 radical (unpaired) electrons. The minimum Gasteiger partial charge on any atom is -0.490 e. The smallest absolute Gasteiger partial charge is 0.239 e. The Morgan fingerprint density at radius 3 is 2.39 bits per heavy atom. The van der Waals surface area contributed by atoms with Crippen LogP contribution in [0.25, 0.3) is 0 Å². The third-order valence-corrected chi connectivity index (χ3v) is 2.98. The van der Waals surface area contributed by atoms with E-state index in [0.717, 1.165) is 5.56 Å². The quantitative estimate of drug-likeness (QED) is 0.571. The monoisotopic (exact) mass is 323 g/mol. The van der Waals surface area contributed by atoms with Gasteiger partial charge in [-0.15, -0.1) is 0 Å². The second kappa shape index (κ2) is 10.4. The SMILES string of the molecule is CCOc1ccc(CCNC(=O)CNC(=O)CN)cc1OCC. The summed E-state index contributed by atoms with van der Waals surface area (Å²) in [5.74, 6) is 0.816. The molecule has 128 valence electrons. The minimum absolute atomic E-state index is 0.0660. The number of benzene rings is 1. The van der Waals surface area contributed by atoms with E-state index in [1.54, 1.807) is 0 Å². The van der Waals surface area contributed by atoms with E-state index in [1.807, 2.05) is 32.0 Å². The van der Waals surface area contributed by atoms with Crippen molar-refractivity contribution in [2.75, 3.05) is 32.8 Å². The highest BCUT2D eigenvalue weighted by molar-refractivity contribution is 5.85. The first-order valence-electron chi connectivity index (χ1n) is 7.72. The first kappa shape index (κ1) is 18.8. The Bertz CT molecular complexity index is 520. The zero-order chi connectivity index (χ0) is 17.1. The first-order chi connectivity index (χ1) is 11.1. The van der Waals surface area contributed by atoms with E-state index in [0.29, 0.717) is 37.7 Å². The molecule has 0 aromatic heterocycles. The van der Waals surface area contributed by atoms with E-state index in [9.17, 15) is 9.59 Å². The van der Waals surface area contributed by atoms with Gasteiger partial charge >= 0.3 is 0 Å². The number of hydrogen-bond acceptors (Lipinski definition) is 5. The second-order valence-electron chi connectivity index (χ2n) is 4.73. The van der Waals surface area contributed by atoms with E-state index in [2.05, 4.69) is 10.6 Å². The number of nitrogens with two attached hydrogens (primary N) is 1. The Labute approximate surface area is 136 Å². The summed E-state index contributed by atoms with van der Waals surface area (Å²) in [6, 6.07) is 5.72. The van der Waals surface area contributed by atoms with Crippen molar-refractivity contribution in [3.8, 4) is 11.5 Å². The molecule has 0 aliphatic rings. The van der Waals surface area contributed by atoms with Crippen LogP contribution in [0.2, 0.25) is 0 Å². The summed E-state index contributed by atoms with van der Waals surface area (Å²) in [7, 11) is 0. The minimum atomic E-state index is -0.354. The third-order valence-electron chi connectivity index (χ3n) is 2.98. The van der Waals surface area contributed by atoms with E-state index in [1.165, 1.54) is 0 Å². The van der Waals surface area contributed by atoms with E-state index in [-0.39, 0.29) is 24.9 Å². The van der Waals surface area contributed by atoms with Gasteiger partial charge in [0.1, 0.15) is 0 Å². The Morgan fingerprint density at radius 1 is 1.04 bits per heavy atom. The lowest BCUT2D eigenvalue weighted by atomic mass is 10.1. The van der Waals surface area contributed by atoms with Gasteiger partial charge in [-0.3, -0.25) is 9.59 Å². The van der Waals surface area contributed by atoms with Crippen LogP contribution in [-0.4, -0.2) is 44.7 Å². The van der Waals surface area contributed by atoms with Crippen molar-refractivity contribution in [3.63, 3.8) is 0 Å². The van der Waals surface area contributed by atoms with Crippen molar-refractivity contribution in [2.24, 2.45) is 5.73 Å². The molecule has 0 spiro atoms. The number of rotatable bonds is 10. The molecule has 7 nitrogen and oxygen atoms in total. The molecule has 23 heavy (non-hydrogen) atoms. The number of carbonyl (C=O) groups is 2.